The van der Waals surface area contributed by atoms with E-state index in [-0.39, 0.29) is 16.6 Å². The van der Waals surface area contributed by atoms with E-state index in [1.807, 2.05) is 6.92 Å². The van der Waals surface area contributed by atoms with Gasteiger partial charge in [0.05, 0.1) is 5.69 Å². The zero-order valence-electron chi connectivity index (χ0n) is 12.0. The van der Waals surface area contributed by atoms with Crippen LogP contribution in [0.1, 0.15) is 61.6 Å². The van der Waals surface area contributed by atoms with E-state index in [1.54, 1.807) is 0 Å². The summed E-state index contributed by atoms with van der Waals surface area (Å²) >= 11 is 0. The van der Waals surface area contributed by atoms with Gasteiger partial charge in [0.2, 0.25) is 0 Å². The van der Waals surface area contributed by atoms with Gasteiger partial charge >= 0.3 is 0 Å². The summed E-state index contributed by atoms with van der Waals surface area (Å²) < 4.78 is 23.5. The number of hydrogen-bond acceptors (Lipinski definition) is 4. The van der Waals surface area contributed by atoms with Gasteiger partial charge in [0.15, 0.2) is 5.69 Å². The number of carbonyl (C=O) groups excluding carboxylic acids is 1. The maximum Gasteiger partial charge on any atom is 0.273 e. The molecule has 1 aliphatic carbocycles. The van der Waals surface area contributed by atoms with Crippen molar-refractivity contribution in [3.8, 4) is 0 Å². The molecule has 118 valence electrons. The first-order chi connectivity index (χ1) is 9.93. The van der Waals surface area contributed by atoms with E-state index in [0.717, 1.165) is 32.1 Å². The summed E-state index contributed by atoms with van der Waals surface area (Å²) in [5, 5.41) is 9.35. The monoisotopic (exact) mass is 333 g/mol. The largest absolute Gasteiger partial charge is 0.348 e. The first-order valence-corrected chi connectivity index (χ1v) is 9.57. The number of carbonyl (C=O) groups is 1. The fourth-order valence-corrected chi connectivity index (χ4v) is 4.01. The Balaban J connectivity index is 2.24. The highest BCUT2D eigenvalue weighted by atomic mass is 35.7. The number of halogens is 1. The number of aryl methyl sites for hydroxylation is 1. The van der Waals surface area contributed by atoms with Gasteiger partial charge in [-0.25, -0.2) is 8.42 Å². The molecule has 1 aromatic heterocycles. The molecule has 0 spiro atoms. The van der Waals surface area contributed by atoms with Crippen molar-refractivity contribution >= 4 is 25.6 Å². The van der Waals surface area contributed by atoms with Gasteiger partial charge in [-0.05, 0) is 19.3 Å². The van der Waals surface area contributed by atoms with Gasteiger partial charge in [-0.2, -0.15) is 5.10 Å². The summed E-state index contributed by atoms with van der Waals surface area (Å²) in [5.41, 5.74) is 0.264. The van der Waals surface area contributed by atoms with Crippen molar-refractivity contribution in [2.45, 2.75) is 62.8 Å². The molecule has 0 unspecified atom stereocenters. The van der Waals surface area contributed by atoms with Crippen molar-refractivity contribution in [2.75, 3.05) is 0 Å². The average molecular weight is 334 g/mol. The van der Waals surface area contributed by atoms with E-state index in [0.29, 0.717) is 12.1 Å². The number of aromatic nitrogens is 2. The first-order valence-electron chi connectivity index (χ1n) is 7.26. The second kappa shape index (κ2) is 6.79. The molecule has 1 fully saturated rings. The van der Waals surface area contributed by atoms with E-state index < -0.39 is 15.0 Å². The predicted molar refractivity (Wildman–Crippen MR) is 80.0 cm³/mol. The van der Waals surface area contributed by atoms with E-state index in [1.165, 1.54) is 6.42 Å². The Kier molecular flexibility index (Phi) is 5.27. The number of aromatic amines is 1. The molecule has 0 atom stereocenters. The standard InChI is InChI=1S/C13H20ClN3O3S/c1-2-6-10-12(21(14,19)20)11(17-16-10)13(18)15-9-7-4-3-5-8-9/h9H,2-8H2,1H3,(H,15,18)(H,16,17). The molecule has 1 aromatic rings. The van der Waals surface area contributed by atoms with Crippen molar-refractivity contribution in [2.24, 2.45) is 0 Å². The molecular formula is C13H20ClN3O3S. The van der Waals surface area contributed by atoms with Crippen LogP contribution in [0.25, 0.3) is 0 Å². The van der Waals surface area contributed by atoms with Gasteiger partial charge in [-0.1, -0.05) is 32.6 Å². The third-order valence-corrected chi connectivity index (χ3v) is 5.08. The zero-order chi connectivity index (χ0) is 15.5. The van der Waals surface area contributed by atoms with Gasteiger partial charge in [0.25, 0.3) is 15.0 Å². The third-order valence-electron chi connectivity index (χ3n) is 3.69. The Bertz CT molecular complexity index is 606. The zero-order valence-corrected chi connectivity index (χ0v) is 13.6. The van der Waals surface area contributed by atoms with Gasteiger partial charge in [0.1, 0.15) is 4.90 Å². The Morgan fingerprint density at radius 2 is 2.05 bits per heavy atom. The van der Waals surface area contributed by atoms with E-state index in [2.05, 4.69) is 15.5 Å². The number of nitrogens with zero attached hydrogens (tertiary/aromatic N) is 1. The molecule has 1 aliphatic rings. The minimum Gasteiger partial charge on any atom is -0.348 e. The van der Waals surface area contributed by atoms with Crippen LogP contribution in [0.2, 0.25) is 0 Å². The van der Waals surface area contributed by atoms with E-state index >= 15 is 0 Å². The molecule has 1 heterocycles. The molecule has 0 radical (unpaired) electrons. The molecule has 2 rings (SSSR count). The van der Waals surface area contributed by atoms with E-state index in [9.17, 15) is 13.2 Å². The maximum absolute atomic E-state index is 12.3. The molecule has 1 amide bonds. The van der Waals surface area contributed by atoms with Crippen LogP contribution in [0.3, 0.4) is 0 Å². The van der Waals surface area contributed by atoms with Crippen LogP contribution in [0.5, 0.6) is 0 Å². The number of hydrogen-bond donors (Lipinski definition) is 2. The van der Waals surface area contributed by atoms with Crippen LogP contribution in [0.4, 0.5) is 0 Å². The summed E-state index contributed by atoms with van der Waals surface area (Å²) in [5.74, 6) is -0.472. The van der Waals surface area contributed by atoms with Gasteiger partial charge in [0, 0.05) is 16.7 Å². The SMILES string of the molecule is CCCc1[nH]nc(C(=O)NC2CCCCC2)c1S(=O)(=O)Cl. The molecule has 0 bridgehead atoms. The van der Waals surface area contributed by atoms with Gasteiger partial charge in [-0.3, -0.25) is 9.89 Å². The molecule has 0 aromatic carbocycles. The fourth-order valence-electron chi connectivity index (χ4n) is 2.70. The Hall–Kier alpha value is -1.08. The molecule has 21 heavy (non-hydrogen) atoms. The van der Waals surface area contributed by atoms with Crippen molar-refractivity contribution in [3.05, 3.63) is 11.4 Å². The van der Waals surface area contributed by atoms with E-state index in [4.69, 9.17) is 10.7 Å². The Morgan fingerprint density at radius 3 is 2.62 bits per heavy atom. The number of amides is 1. The van der Waals surface area contributed by atoms with Crippen molar-refractivity contribution in [3.63, 3.8) is 0 Å². The third kappa shape index (κ3) is 3.97. The van der Waals surface area contributed by atoms with Gasteiger partial charge < -0.3 is 5.32 Å². The fraction of sp³-hybridized carbons (Fsp3) is 0.692. The highest BCUT2D eigenvalue weighted by Crippen LogP contribution is 2.24. The van der Waals surface area contributed by atoms with Crippen LogP contribution in [0.15, 0.2) is 4.90 Å². The van der Waals surface area contributed by atoms with Crippen LogP contribution >= 0.6 is 10.7 Å². The predicted octanol–water partition coefficient (Wildman–Crippen LogP) is 2.35. The van der Waals surface area contributed by atoms with Crippen molar-refractivity contribution in [1.29, 1.82) is 0 Å². The highest BCUT2D eigenvalue weighted by molar-refractivity contribution is 8.13. The minimum atomic E-state index is -4.01. The molecule has 1 saturated carbocycles. The number of H-pyrrole nitrogens is 1. The summed E-state index contributed by atoms with van der Waals surface area (Å²) in [7, 11) is 1.45. The van der Waals surface area contributed by atoms with Crippen LogP contribution in [0, 0.1) is 0 Å². The smallest absolute Gasteiger partial charge is 0.273 e. The lowest BCUT2D eigenvalue weighted by Gasteiger charge is -2.22. The summed E-state index contributed by atoms with van der Waals surface area (Å²) in [4.78, 5) is 12.1. The molecule has 8 heteroatoms. The van der Waals surface area contributed by atoms with Crippen LogP contribution in [-0.2, 0) is 15.5 Å². The van der Waals surface area contributed by atoms with Crippen LogP contribution < -0.4 is 5.32 Å². The summed E-state index contributed by atoms with van der Waals surface area (Å²) in [6.07, 6.45) is 6.37. The van der Waals surface area contributed by atoms with Crippen LogP contribution in [-0.4, -0.2) is 30.6 Å². The molecule has 2 N–H and O–H groups in total. The minimum absolute atomic E-state index is 0.0865. The first kappa shape index (κ1) is 16.3. The maximum atomic E-state index is 12.3. The lowest BCUT2D eigenvalue weighted by molar-refractivity contribution is 0.0919. The second-order valence-corrected chi connectivity index (χ2v) is 7.88. The molecule has 6 nitrogen and oxygen atoms in total. The molecule has 0 aliphatic heterocycles. The summed E-state index contributed by atoms with van der Waals surface area (Å²) in [6.45, 7) is 1.91. The Labute approximate surface area is 129 Å². The molecule has 0 saturated heterocycles. The highest BCUT2D eigenvalue weighted by Gasteiger charge is 2.29. The number of nitrogens with one attached hydrogen (secondary N) is 2. The van der Waals surface area contributed by atoms with Crippen molar-refractivity contribution in [1.82, 2.24) is 15.5 Å². The second-order valence-electron chi connectivity index (χ2n) is 5.38. The normalized spacial score (nSPS) is 16.9. The average Bonchev–Trinajstić information content (AvgIpc) is 2.84. The topological polar surface area (TPSA) is 91.9 Å². The molecular weight excluding hydrogens is 314 g/mol. The van der Waals surface area contributed by atoms with Crippen molar-refractivity contribution < 1.29 is 13.2 Å². The lowest BCUT2D eigenvalue weighted by atomic mass is 9.95. The Morgan fingerprint density at radius 1 is 1.38 bits per heavy atom. The lowest BCUT2D eigenvalue weighted by Crippen LogP contribution is -2.36. The summed E-state index contributed by atoms with van der Waals surface area (Å²) in [6, 6.07) is 0.0865. The quantitative estimate of drug-likeness (QED) is 0.809. The number of rotatable bonds is 5. The van der Waals surface area contributed by atoms with Gasteiger partial charge in [-0.15, -0.1) is 0 Å².